The van der Waals surface area contributed by atoms with E-state index in [1.54, 1.807) is 6.07 Å². The van der Waals surface area contributed by atoms with Gasteiger partial charge in [-0.15, -0.1) is 11.3 Å². The molecule has 0 saturated carbocycles. The third-order valence-corrected chi connectivity index (χ3v) is 5.84. The minimum Gasteiger partial charge on any atom is -0.336 e. The van der Waals surface area contributed by atoms with Crippen molar-refractivity contribution >= 4 is 27.5 Å². The van der Waals surface area contributed by atoms with Gasteiger partial charge in [0, 0.05) is 23.7 Å². The fraction of sp³-hybridized carbons (Fsp3) is 0.300. The van der Waals surface area contributed by atoms with Gasteiger partial charge in [-0.2, -0.15) is 0 Å². The zero-order valence-electron chi connectivity index (χ0n) is 14.0. The van der Waals surface area contributed by atoms with Crippen LogP contribution in [0.4, 0.5) is 4.39 Å². The number of carbonyl (C=O) groups is 1. The fourth-order valence-electron chi connectivity index (χ4n) is 3.37. The first-order valence-electron chi connectivity index (χ1n) is 8.59. The molecule has 0 spiro atoms. The van der Waals surface area contributed by atoms with Crippen molar-refractivity contribution < 1.29 is 9.18 Å². The fourth-order valence-corrected chi connectivity index (χ4v) is 4.36. The molecule has 1 aliphatic rings. The summed E-state index contributed by atoms with van der Waals surface area (Å²) in [7, 11) is 0. The van der Waals surface area contributed by atoms with Crippen LogP contribution in [0.3, 0.4) is 0 Å². The van der Waals surface area contributed by atoms with Crippen molar-refractivity contribution in [2.24, 2.45) is 0 Å². The van der Waals surface area contributed by atoms with E-state index in [-0.39, 0.29) is 17.8 Å². The van der Waals surface area contributed by atoms with Gasteiger partial charge in [0.1, 0.15) is 10.8 Å². The number of nitrogens with zero attached hydrogens (tertiary/aromatic N) is 2. The van der Waals surface area contributed by atoms with Crippen LogP contribution in [0.15, 0.2) is 42.5 Å². The highest BCUT2D eigenvalue weighted by Crippen LogP contribution is 2.31. The quantitative estimate of drug-likeness (QED) is 0.640. The summed E-state index contributed by atoms with van der Waals surface area (Å²) in [5, 5.41) is 0.807. The van der Waals surface area contributed by atoms with E-state index in [4.69, 9.17) is 0 Å². The molecule has 4 rings (SSSR count). The van der Waals surface area contributed by atoms with E-state index in [2.05, 4.69) is 11.9 Å². The number of fused-ring (bicyclic) bond motifs is 1. The largest absolute Gasteiger partial charge is 0.336 e. The van der Waals surface area contributed by atoms with E-state index in [0.29, 0.717) is 5.56 Å². The minimum absolute atomic E-state index is 0.0844. The maximum absolute atomic E-state index is 13.4. The number of hydrogen-bond donors (Lipinski definition) is 0. The molecule has 0 unspecified atom stereocenters. The molecule has 3 aromatic rings. The van der Waals surface area contributed by atoms with E-state index < -0.39 is 0 Å². The molecule has 128 valence electrons. The van der Waals surface area contributed by atoms with Crippen molar-refractivity contribution in [1.82, 2.24) is 9.88 Å². The molecule has 0 radical (unpaired) electrons. The number of hydrogen-bond acceptors (Lipinski definition) is 3. The number of benzene rings is 2. The molecule has 0 aliphatic carbocycles. The first-order valence-corrected chi connectivity index (χ1v) is 9.41. The second-order valence-electron chi connectivity index (χ2n) is 6.56. The van der Waals surface area contributed by atoms with Crippen LogP contribution in [0.5, 0.6) is 0 Å². The summed E-state index contributed by atoms with van der Waals surface area (Å²) in [6.45, 7) is 2.94. The number of thiazole rings is 1. The van der Waals surface area contributed by atoms with Crippen molar-refractivity contribution in [2.45, 2.75) is 32.2 Å². The van der Waals surface area contributed by atoms with Gasteiger partial charge in [0.25, 0.3) is 5.91 Å². The van der Waals surface area contributed by atoms with E-state index in [0.717, 1.165) is 40.2 Å². The lowest BCUT2D eigenvalue weighted by molar-refractivity contribution is 0.0635. The topological polar surface area (TPSA) is 33.2 Å². The Hall–Kier alpha value is -2.27. The third kappa shape index (κ3) is 3.16. The zero-order chi connectivity index (χ0) is 17.4. The summed E-state index contributed by atoms with van der Waals surface area (Å²) in [5.41, 5.74) is 2.37. The van der Waals surface area contributed by atoms with Gasteiger partial charge in [0.2, 0.25) is 0 Å². The molecule has 3 nitrogen and oxygen atoms in total. The summed E-state index contributed by atoms with van der Waals surface area (Å²) < 4.78 is 14.2. The smallest absolute Gasteiger partial charge is 0.254 e. The summed E-state index contributed by atoms with van der Waals surface area (Å²) >= 11 is 1.45. The second-order valence-corrected chi connectivity index (χ2v) is 7.59. The Morgan fingerprint density at radius 1 is 1.24 bits per heavy atom. The lowest BCUT2D eigenvalue weighted by Gasteiger charge is -2.33. The van der Waals surface area contributed by atoms with Crippen molar-refractivity contribution in [2.75, 3.05) is 6.54 Å². The predicted molar refractivity (Wildman–Crippen MR) is 99.4 cm³/mol. The molecule has 1 fully saturated rings. The number of likely N-dealkylation sites (tertiary alicyclic amines) is 1. The van der Waals surface area contributed by atoms with Crippen molar-refractivity contribution in [3.8, 4) is 10.6 Å². The molecular weight excluding hydrogens is 335 g/mol. The number of amides is 1. The van der Waals surface area contributed by atoms with Gasteiger partial charge in [-0.3, -0.25) is 4.79 Å². The molecule has 2 heterocycles. The standard InChI is InChI=1S/C20H19FN2OS/c1-13-5-2-3-10-23(13)20(24)15-7-4-6-14(11-15)19-22-17-9-8-16(21)12-18(17)25-19/h4,6-9,11-13H,2-3,5,10H2,1H3/t13-/m1/s1. The maximum atomic E-state index is 13.4. The molecule has 1 amide bonds. The Morgan fingerprint density at radius 3 is 2.96 bits per heavy atom. The van der Waals surface area contributed by atoms with Crippen molar-refractivity contribution in [1.29, 1.82) is 0 Å². The minimum atomic E-state index is -0.259. The summed E-state index contributed by atoms with van der Waals surface area (Å²) in [4.78, 5) is 19.4. The SMILES string of the molecule is C[C@@H]1CCCCN1C(=O)c1cccc(-c2nc3ccc(F)cc3s2)c1. The Kier molecular flexibility index (Phi) is 4.25. The van der Waals surface area contributed by atoms with Crippen molar-refractivity contribution in [3.63, 3.8) is 0 Å². The molecule has 1 saturated heterocycles. The Balaban J connectivity index is 1.67. The van der Waals surface area contributed by atoms with Gasteiger partial charge in [-0.05, 0) is 56.5 Å². The van der Waals surface area contributed by atoms with Gasteiger partial charge in [-0.25, -0.2) is 9.37 Å². The van der Waals surface area contributed by atoms with Gasteiger partial charge in [-0.1, -0.05) is 12.1 Å². The van der Waals surface area contributed by atoms with Crippen LogP contribution in [-0.4, -0.2) is 28.4 Å². The molecule has 1 aromatic heterocycles. The van der Waals surface area contributed by atoms with E-state index >= 15 is 0 Å². The van der Waals surface area contributed by atoms with Crippen LogP contribution in [0.2, 0.25) is 0 Å². The predicted octanol–water partition coefficient (Wildman–Crippen LogP) is 5.12. The Morgan fingerprint density at radius 2 is 2.12 bits per heavy atom. The average molecular weight is 354 g/mol. The lowest BCUT2D eigenvalue weighted by Crippen LogP contribution is -2.42. The molecular formula is C20H19FN2OS. The summed E-state index contributed by atoms with van der Waals surface area (Å²) in [5.74, 6) is -0.174. The van der Waals surface area contributed by atoms with Crippen LogP contribution in [-0.2, 0) is 0 Å². The van der Waals surface area contributed by atoms with Gasteiger partial charge >= 0.3 is 0 Å². The molecule has 2 aromatic carbocycles. The Bertz CT molecular complexity index is 936. The molecule has 0 bridgehead atoms. The van der Waals surface area contributed by atoms with Crippen LogP contribution in [0, 0.1) is 5.82 Å². The van der Waals surface area contributed by atoms with Gasteiger partial charge in [0.15, 0.2) is 0 Å². The van der Waals surface area contributed by atoms with Crippen LogP contribution < -0.4 is 0 Å². The number of halogens is 1. The van der Waals surface area contributed by atoms with Gasteiger partial charge < -0.3 is 4.90 Å². The second kappa shape index (κ2) is 6.56. The molecule has 1 aliphatic heterocycles. The van der Waals surface area contributed by atoms with Crippen LogP contribution in [0.1, 0.15) is 36.5 Å². The van der Waals surface area contributed by atoms with Gasteiger partial charge in [0.05, 0.1) is 10.2 Å². The highest BCUT2D eigenvalue weighted by molar-refractivity contribution is 7.21. The van der Waals surface area contributed by atoms with Crippen LogP contribution in [0.25, 0.3) is 20.8 Å². The third-order valence-electron chi connectivity index (χ3n) is 4.77. The normalized spacial score (nSPS) is 17.8. The van der Waals surface area contributed by atoms with E-state index in [1.807, 2.05) is 29.2 Å². The molecule has 25 heavy (non-hydrogen) atoms. The molecule has 5 heteroatoms. The summed E-state index contributed by atoms with van der Waals surface area (Å²) in [6.07, 6.45) is 3.32. The zero-order valence-corrected chi connectivity index (χ0v) is 14.9. The first-order chi connectivity index (χ1) is 12.1. The summed E-state index contributed by atoms with van der Waals surface area (Å²) in [6, 6.07) is 12.5. The molecule has 1 atom stereocenters. The highest BCUT2D eigenvalue weighted by atomic mass is 32.1. The number of aromatic nitrogens is 1. The van der Waals surface area contributed by atoms with E-state index in [1.165, 1.54) is 29.9 Å². The number of carbonyl (C=O) groups excluding carboxylic acids is 1. The average Bonchev–Trinajstić information content (AvgIpc) is 3.05. The molecule has 0 N–H and O–H groups in total. The lowest BCUT2D eigenvalue weighted by atomic mass is 10.0. The van der Waals surface area contributed by atoms with E-state index in [9.17, 15) is 9.18 Å². The highest BCUT2D eigenvalue weighted by Gasteiger charge is 2.24. The van der Waals surface area contributed by atoms with Crippen molar-refractivity contribution in [3.05, 3.63) is 53.8 Å². The maximum Gasteiger partial charge on any atom is 0.254 e. The first kappa shape index (κ1) is 16.2. The number of piperidine rings is 1. The van der Waals surface area contributed by atoms with Crippen LogP contribution >= 0.6 is 11.3 Å². The number of rotatable bonds is 2. The Labute approximate surface area is 150 Å². The monoisotopic (exact) mass is 354 g/mol.